The van der Waals surface area contributed by atoms with Crippen molar-refractivity contribution >= 4 is 0 Å². The molecule has 2 heteroatoms. The third-order valence-corrected chi connectivity index (χ3v) is 3.25. The van der Waals surface area contributed by atoms with Gasteiger partial charge in [-0.15, -0.1) is 0 Å². The van der Waals surface area contributed by atoms with Crippen LogP contribution in [-0.4, -0.2) is 4.90 Å². The Morgan fingerprint density at radius 2 is 2.00 bits per heavy atom. The van der Waals surface area contributed by atoms with E-state index >= 15 is 0 Å². The molecule has 0 spiro atoms. The van der Waals surface area contributed by atoms with E-state index in [4.69, 9.17) is 0 Å². The summed E-state index contributed by atoms with van der Waals surface area (Å²) in [5.74, 6) is 0. The van der Waals surface area contributed by atoms with E-state index in [-0.39, 0.29) is 6.04 Å². The molecule has 0 radical (unpaired) electrons. The molecular weight excluding hydrogens is 208 g/mol. The van der Waals surface area contributed by atoms with E-state index in [0.717, 1.165) is 17.7 Å². The maximum absolute atomic E-state index is 9.18. The summed E-state index contributed by atoms with van der Waals surface area (Å²) in [4.78, 5) is 2.19. The average Bonchev–Trinajstić information content (AvgIpc) is 2.78. The molecule has 0 aliphatic carbocycles. The van der Waals surface area contributed by atoms with Crippen LogP contribution in [0.2, 0.25) is 0 Å². The number of rotatable bonds is 1. The molecule has 1 atom stereocenters. The molecule has 0 saturated carbocycles. The van der Waals surface area contributed by atoms with Gasteiger partial charge in [-0.2, -0.15) is 5.26 Å². The van der Waals surface area contributed by atoms with E-state index in [0.29, 0.717) is 0 Å². The smallest absolute Gasteiger partial charge is 0.0969 e. The van der Waals surface area contributed by atoms with Crippen LogP contribution in [0.15, 0.2) is 66.0 Å². The lowest BCUT2D eigenvalue weighted by Crippen LogP contribution is -2.17. The second kappa shape index (κ2) is 3.95. The summed E-state index contributed by atoms with van der Waals surface area (Å²) in [6.07, 6.45) is 8.86. The van der Waals surface area contributed by atoms with Crippen LogP contribution in [-0.2, 0) is 0 Å². The Morgan fingerprint density at radius 1 is 1.18 bits per heavy atom. The van der Waals surface area contributed by atoms with E-state index in [1.54, 1.807) is 0 Å². The summed E-state index contributed by atoms with van der Waals surface area (Å²) in [5.41, 5.74) is 3.18. The van der Waals surface area contributed by atoms with Crippen molar-refractivity contribution in [2.75, 3.05) is 0 Å². The molecule has 3 rings (SSSR count). The summed E-state index contributed by atoms with van der Waals surface area (Å²) >= 11 is 0. The number of hydrogen-bond donors (Lipinski definition) is 0. The Morgan fingerprint density at radius 3 is 2.76 bits per heavy atom. The molecule has 0 saturated heterocycles. The topological polar surface area (TPSA) is 27.0 Å². The van der Waals surface area contributed by atoms with Gasteiger partial charge in [0, 0.05) is 12.6 Å². The molecule has 2 heterocycles. The van der Waals surface area contributed by atoms with E-state index in [2.05, 4.69) is 29.3 Å². The summed E-state index contributed by atoms with van der Waals surface area (Å²) in [6, 6.07) is 12.9. The summed E-state index contributed by atoms with van der Waals surface area (Å²) < 4.78 is 0. The zero-order valence-electron chi connectivity index (χ0n) is 9.38. The van der Waals surface area contributed by atoms with Gasteiger partial charge < -0.3 is 4.90 Å². The summed E-state index contributed by atoms with van der Waals surface area (Å²) in [5, 5.41) is 9.18. The zero-order valence-corrected chi connectivity index (χ0v) is 9.38. The van der Waals surface area contributed by atoms with Gasteiger partial charge in [0.1, 0.15) is 0 Å². The Bertz CT molecular complexity index is 558. The van der Waals surface area contributed by atoms with Crippen LogP contribution in [0.3, 0.4) is 0 Å². The van der Waals surface area contributed by atoms with E-state index in [1.165, 1.54) is 5.56 Å². The number of hydrogen-bond acceptors (Lipinski definition) is 2. The predicted molar refractivity (Wildman–Crippen MR) is 66.6 cm³/mol. The van der Waals surface area contributed by atoms with Crippen molar-refractivity contribution in [1.29, 1.82) is 5.26 Å². The molecule has 2 aliphatic rings. The Balaban J connectivity index is 2.01. The van der Waals surface area contributed by atoms with Crippen LogP contribution in [0.25, 0.3) is 0 Å². The van der Waals surface area contributed by atoms with Crippen LogP contribution >= 0.6 is 0 Å². The first-order chi connectivity index (χ1) is 8.40. The fourth-order valence-electron chi connectivity index (χ4n) is 2.44. The number of allylic oxidation sites excluding steroid dienone is 3. The molecule has 0 aromatic heterocycles. The SMILES string of the molecule is N#CC1=C2C=CC=CN2C(c2ccccc2)C1. The van der Waals surface area contributed by atoms with Crippen molar-refractivity contribution in [3.63, 3.8) is 0 Å². The molecule has 1 aromatic rings. The minimum atomic E-state index is 0.266. The first kappa shape index (κ1) is 9.92. The average molecular weight is 220 g/mol. The maximum Gasteiger partial charge on any atom is 0.0969 e. The van der Waals surface area contributed by atoms with Crippen LogP contribution < -0.4 is 0 Å². The Labute approximate surface area is 101 Å². The molecule has 0 bridgehead atoms. The van der Waals surface area contributed by atoms with Gasteiger partial charge in [-0.05, 0) is 17.7 Å². The van der Waals surface area contributed by atoms with Crippen LogP contribution in [0, 0.1) is 11.3 Å². The lowest BCUT2D eigenvalue weighted by atomic mass is 10.0. The van der Waals surface area contributed by atoms with Gasteiger partial charge in [0.15, 0.2) is 0 Å². The van der Waals surface area contributed by atoms with Gasteiger partial charge in [0.05, 0.1) is 23.4 Å². The molecule has 1 aromatic carbocycles. The molecule has 0 amide bonds. The van der Waals surface area contributed by atoms with Crippen molar-refractivity contribution in [3.05, 3.63) is 71.6 Å². The number of fused-ring (bicyclic) bond motifs is 1. The fraction of sp³-hybridized carbons (Fsp3) is 0.133. The molecule has 2 nitrogen and oxygen atoms in total. The van der Waals surface area contributed by atoms with Gasteiger partial charge in [-0.3, -0.25) is 0 Å². The normalized spacial score (nSPS) is 21.6. The minimum Gasteiger partial charge on any atom is -0.339 e. The first-order valence-corrected chi connectivity index (χ1v) is 5.71. The van der Waals surface area contributed by atoms with Crippen molar-refractivity contribution in [2.45, 2.75) is 12.5 Å². The van der Waals surface area contributed by atoms with E-state index in [1.807, 2.05) is 36.4 Å². The lowest BCUT2D eigenvalue weighted by Gasteiger charge is -2.26. The predicted octanol–water partition coefficient (Wildman–Crippen LogP) is 3.29. The quantitative estimate of drug-likeness (QED) is 0.726. The van der Waals surface area contributed by atoms with Crippen LogP contribution in [0.5, 0.6) is 0 Å². The highest BCUT2D eigenvalue weighted by Crippen LogP contribution is 2.40. The third kappa shape index (κ3) is 1.57. The second-order valence-corrected chi connectivity index (χ2v) is 4.21. The maximum atomic E-state index is 9.18. The van der Waals surface area contributed by atoms with Gasteiger partial charge in [0.25, 0.3) is 0 Å². The molecule has 82 valence electrons. The molecular formula is C15H12N2. The van der Waals surface area contributed by atoms with Gasteiger partial charge in [0.2, 0.25) is 0 Å². The largest absolute Gasteiger partial charge is 0.339 e. The molecule has 17 heavy (non-hydrogen) atoms. The number of nitrogens with zero attached hydrogens (tertiary/aromatic N) is 2. The second-order valence-electron chi connectivity index (χ2n) is 4.21. The minimum absolute atomic E-state index is 0.266. The van der Waals surface area contributed by atoms with Gasteiger partial charge in [-0.25, -0.2) is 0 Å². The highest BCUT2D eigenvalue weighted by molar-refractivity contribution is 5.45. The van der Waals surface area contributed by atoms with E-state index < -0.39 is 0 Å². The highest BCUT2D eigenvalue weighted by Gasteiger charge is 2.30. The standard InChI is InChI=1S/C15H12N2/c16-11-13-10-15(12-6-2-1-3-7-12)17-9-5-4-8-14(13)17/h1-9,15H,10H2. The molecule has 0 fully saturated rings. The molecule has 1 unspecified atom stereocenters. The Kier molecular flexibility index (Phi) is 2.31. The van der Waals surface area contributed by atoms with Crippen molar-refractivity contribution in [2.24, 2.45) is 0 Å². The zero-order chi connectivity index (χ0) is 11.7. The highest BCUT2D eigenvalue weighted by atomic mass is 15.2. The van der Waals surface area contributed by atoms with Crippen molar-refractivity contribution in [3.8, 4) is 6.07 Å². The summed E-state index contributed by atoms with van der Waals surface area (Å²) in [7, 11) is 0. The van der Waals surface area contributed by atoms with Gasteiger partial charge in [-0.1, -0.05) is 36.4 Å². The third-order valence-electron chi connectivity index (χ3n) is 3.25. The van der Waals surface area contributed by atoms with Crippen LogP contribution in [0.1, 0.15) is 18.0 Å². The molecule has 2 aliphatic heterocycles. The van der Waals surface area contributed by atoms with Crippen molar-refractivity contribution in [1.82, 2.24) is 4.90 Å². The fourth-order valence-corrected chi connectivity index (χ4v) is 2.44. The van der Waals surface area contributed by atoms with E-state index in [9.17, 15) is 5.26 Å². The molecule has 0 N–H and O–H groups in total. The van der Waals surface area contributed by atoms with Gasteiger partial charge >= 0.3 is 0 Å². The Hall–Kier alpha value is -2.27. The summed E-state index contributed by atoms with van der Waals surface area (Å²) in [6.45, 7) is 0. The first-order valence-electron chi connectivity index (χ1n) is 5.71. The monoisotopic (exact) mass is 220 g/mol. The van der Waals surface area contributed by atoms with Crippen molar-refractivity contribution < 1.29 is 0 Å². The number of nitriles is 1. The number of benzene rings is 1. The van der Waals surface area contributed by atoms with Crippen LogP contribution in [0.4, 0.5) is 0 Å². The lowest BCUT2D eigenvalue weighted by molar-refractivity contribution is 0.388.